The van der Waals surface area contributed by atoms with Crippen LogP contribution in [-0.2, 0) is 4.79 Å². The molecule has 0 amide bonds. The van der Waals surface area contributed by atoms with Gasteiger partial charge in [0.1, 0.15) is 5.82 Å². The lowest BCUT2D eigenvalue weighted by atomic mass is 9.75. The summed E-state index contributed by atoms with van der Waals surface area (Å²) in [5.41, 5.74) is 1.16. The molecule has 0 aromatic carbocycles. The molecule has 0 radical (unpaired) electrons. The number of aryl methyl sites for hydroxylation is 2. The second kappa shape index (κ2) is 5.28. The zero-order valence-corrected chi connectivity index (χ0v) is 12.8. The average molecular weight is 289 g/mol. The van der Waals surface area contributed by atoms with Gasteiger partial charge in [-0.2, -0.15) is 0 Å². The van der Waals surface area contributed by atoms with Gasteiger partial charge in [-0.25, -0.2) is 4.98 Å². The van der Waals surface area contributed by atoms with Crippen LogP contribution in [0.3, 0.4) is 0 Å². The van der Waals surface area contributed by atoms with E-state index in [0.29, 0.717) is 12.5 Å². The Morgan fingerprint density at radius 1 is 1.48 bits per heavy atom. The molecule has 3 rings (SSSR count). The molecule has 1 N–H and O–H groups in total. The minimum absolute atomic E-state index is 0.567. The molecule has 0 unspecified atom stereocenters. The van der Waals surface area contributed by atoms with Crippen molar-refractivity contribution in [3.63, 3.8) is 0 Å². The third-order valence-corrected chi connectivity index (χ3v) is 4.76. The Kier molecular flexibility index (Phi) is 3.59. The van der Waals surface area contributed by atoms with Gasteiger partial charge in [0.05, 0.1) is 16.8 Å². The fourth-order valence-electron chi connectivity index (χ4n) is 3.44. The van der Waals surface area contributed by atoms with Crippen LogP contribution in [0.25, 0.3) is 0 Å². The Balaban J connectivity index is 1.86. The molecule has 114 valence electrons. The molecule has 0 spiro atoms. The number of aliphatic carboxylic acids is 1. The van der Waals surface area contributed by atoms with Crippen LogP contribution < -0.4 is 4.90 Å². The summed E-state index contributed by atoms with van der Waals surface area (Å²) in [5.74, 6) is 0.833. The lowest BCUT2D eigenvalue weighted by molar-refractivity contribution is -0.150. The van der Waals surface area contributed by atoms with Gasteiger partial charge in [-0.3, -0.25) is 9.78 Å². The Hall–Kier alpha value is -1.65. The van der Waals surface area contributed by atoms with Crippen LogP contribution in [0.1, 0.15) is 43.5 Å². The van der Waals surface area contributed by atoms with E-state index in [2.05, 4.69) is 14.9 Å². The van der Waals surface area contributed by atoms with Gasteiger partial charge in [-0.15, -0.1) is 0 Å². The topological polar surface area (TPSA) is 66.3 Å². The summed E-state index contributed by atoms with van der Waals surface area (Å²) in [6.07, 6.45) is 6.66. The van der Waals surface area contributed by atoms with E-state index >= 15 is 0 Å². The molecular formula is C16H23N3O2. The third-order valence-electron chi connectivity index (χ3n) is 4.76. The largest absolute Gasteiger partial charge is 0.481 e. The third kappa shape index (κ3) is 2.87. The van der Waals surface area contributed by atoms with Gasteiger partial charge >= 0.3 is 5.97 Å². The van der Waals surface area contributed by atoms with Crippen LogP contribution in [0.5, 0.6) is 0 Å². The smallest absolute Gasteiger partial charge is 0.311 e. The number of carboxylic acid groups (broad SMARTS) is 1. The van der Waals surface area contributed by atoms with Crippen molar-refractivity contribution in [3.05, 3.63) is 17.6 Å². The van der Waals surface area contributed by atoms with Gasteiger partial charge in [0.2, 0.25) is 0 Å². The zero-order chi connectivity index (χ0) is 15.0. The summed E-state index contributed by atoms with van der Waals surface area (Å²) in [4.78, 5) is 23.0. The van der Waals surface area contributed by atoms with Gasteiger partial charge in [0, 0.05) is 19.3 Å². The van der Waals surface area contributed by atoms with E-state index in [9.17, 15) is 9.90 Å². The molecule has 1 aliphatic heterocycles. The van der Waals surface area contributed by atoms with Gasteiger partial charge in [-0.05, 0) is 39.0 Å². The molecule has 5 heteroatoms. The quantitative estimate of drug-likeness (QED) is 0.922. The average Bonchev–Trinajstić information content (AvgIpc) is 3.25. The van der Waals surface area contributed by atoms with E-state index in [1.165, 1.54) is 12.8 Å². The SMILES string of the molecule is Cc1cnc(C)c(N2CCC[C@](CC3CC3)(C(=O)O)C2)n1. The van der Waals surface area contributed by atoms with Crippen LogP contribution in [0.2, 0.25) is 0 Å². The van der Waals surface area contributed by atoms with E-state index in [4.69, 9.17) is 0 Å². The number of nitrogens with zero attached hydrogens (tertiary/aromatic N) is 3. The molecule has 1 atom stereocenters. The van der Waals surface area contributed by atoms with E-state index in [1.807, 2.05) is 13.8 Å². The number of piperidine rings is 1. The molecule has 0 bridgehead atoms. The summed E-state index contributed by atoms with van der Waals surface area (Å²) in [5, 5.41) is 9.79. The zero-order valence-electron chi connectivity index (χ0n) is 12.8. The van der Waals surface area contributed by atoms with Gasteiger partial charge < -0.3 is 10.0 Å². The number of carbonyl (C=O) groups is 1. The normalized spacial score (nSPS) is 25.9. The molecule has 1 saturated heterocycles. The molecule has 1 aliphatic carbocycles. The summed E-state index contributed by atoms with van der Waals surface area (Å²) in [6.45, 7) is 5.31. The summed E-state index contributed by atoms with van der Waals surface area (Å²) in [7, 11) is 0. The predicted octanol–water partition coefficient (Wildman–Crippen LogP) is 2.56. The molecule has 1 saturated carbocycles. The van der Waals surface area contributed by atoms with Crippen molar-refractivity contribution in [1.82, 2.24) is 9.97 Å². The number of hydrogen-bond acceptors (Lipinski definition) is 4. The van der Waals surface area contributed by atoms with E-state index in [0.717, 1.165) is 43.0 Å². The van der Waals surface area contributed by atoms with Crippen LogP contribution in [-0.4, -0.2) is 34.1 Å². The Morgan fingerprint density at radius 2 is 2.24 bits per heavy atom. The van der Waals surface area contributed by atoms with Crippen LogP contribution in [0.4, 0.5) is 5.82 Å². The first-order valence-electron chi connectivity index (χ1n) is 7.79. The summed E-state index contributed by atoms with van der Waals surface area (Å²) in [6, 6.07) is 0. The lowest BCUT2D eigenvalue weighted by Gasteiger charge is -2.41. The second-order valence-electron chi connectivity index (χ2n) is 6.68. The number of aromatic nitrogens is 2. The van der Waals surface area contributed by atoms with Gasteiger partial charge in [0.25, 0.3) is 0 Å². The highest BCUT2D eigenvalue weighted by molar-refractivity contribution is 5.76. The lowest BCUT2D eigenvalue weighted by Crippen LogP contribution is -2.48. The minimum atomic E-state index is -0.641. The predicted molar refractivity (Wildman–Crippen MR) is 80.4 cm³/mol. The monoisotopic (exact) mass is 289 g/mol. The van der Waals surface area contributed by atoms with Crippen LogP contribution >= 0.6 is 0 Å². The fourth-order valence-corrected chi connectivity index (χ4v) is 3.44. The molecule has 21 heavy (non-hydrogen) atoms. The minimum Gasteiger partial charge on any atom is -0.481 e. The van der Waals surface area contributed by atoms with Gasteiger partial charge in [-0.1, -0.05) is 12.8 Å². The van der Waals surface area contributed by atoms with Crippen LogP contribution in [0.15, 0.2) is 6.20 Å². The molecule has 2 aliphatic rings. The molecule has 1 aromatic rings. The van der Waals surface area contributed by atoms with Crippen LogP contribution in [0, 0.1) is 25.2 Å². The molecule has 2 heterocycles. The summed E-state index contributed by atoms with van der Waals surface area (Å²) >= 11 is 0. The maximum atomic E-state index is 11.9. The number of rotatable bonds is 4. The van der Waals surface area contributed by atoms with Crippen molar-refractivity contribution in [2.75, 3.05) is 18.0 Å². The van der Waals surface area contributed by atoms with Crippen molar-refractivity contribution >= 4 is 11.8 Å². The second-order valence-corrected chi connectivity index (χ2v) is 6.68. The highest BCUT2D eigenvalue weighted by Crippen LogP contribution is 2.45. The molecular weight excluding hydrogens is 266 g/mol. The molecule has 2 fully saturated rings. The van der Waals surface area contributed by atoms with Crippen molar-refractivity contribution in [2.24, 2.45) is 11.3 Å². The number of carboxylic acids is 1. The number of anilines is 1. The first-order chi connectivity index (χ1) is 10.00. The number of hydrogen-bond donors (Lipinski definition) is 1. The highest BCUT2D eigenvalue weighted by atomic mass is 16.4. The maximum Gasteiger partial charge on any atom is 0.311 e. The van der Waals surface area contributed by atoms with Crippen molar-refractivity contribution in [1.29, 1.82) is 0 Å². The van der Waals surface area contributed by atoms with E-state index in [-0.39, 0.29) is 0 Å². The maximum absolute atomic E-state index is 11.9. The molecule has 1 aromatic heterocycles. The van der Waals surface area contributed by atoms with E-state index < -0.39 is 11.4 Å². The van der Waals surface area contributed by atoms with Gasteiger partial charge in [0.15, 0.2) is 0 Å². The Labute approximate surface area is 125 Å². The first-order valence-corrected chi connectivity index (χ1v) is 7.79. The fraction of sp³-hybridized carbons (Fsp3) is 0.688. The van der Waals surface area contributed by atoms with Crippen molar-refractivity contribution in [2.45, 2.75) is 46.0 Å². The van der Waals surface area contributed by atoms with Crippen molar-refractivity contribution < 1.29 is 9.90 Å². The standard InChI is InChI=1S/C16H23N3O2/c1-11-9-17-12(2)14(18-11)19-7-3-6-16(10-19,15(20)21)8-13-4-5-13/h9,13H,3-8,10H2,1-2H3,(H,20,21)/t16-/m1/s1. The summed E-state index contributed by atoms with van der Waals surface area (Å²) < 4.78 is 0. The van der Waals surface area contributed by atoms with E-state index in [1.54, 1.807) is 6.20 Å². The Bertz CT molecular complexity index is 556. The first kappa shape index (κ1) is 14.3. The highest BCUT2D eigenvalue weighted by Gasteiger charge is 2.46. The van der Waals surface area contributed by atoms with Crippen molar-refractivity contribution in [3.8, 4) is 0 Å². The Morgan fingerprint density at radius 3 is 2.90 bits per heavy atom. The molecule has 5 nitrogen and oxygen atoms in total.